The molecule has 0 aromatic rings. The molecule has 0 aromatic heterocycles. The Hall–Kier alpha value is -1.70. The van der Waals surface area contributed by atoms with Crippen molar-refractivity contribution in [3.8, 4) is 12.3 Å². The number of nitrogens with zero attached hydrogens (tertiary/aromatic N) is 2. The summed E-state index contributed by atoms with van der Waals surface area (Å²) in [5, 5.41) is 11.1. The fourth-order valence-electron chi connectivity index (χ4n) is 0.943. The van der Waals surface area contributed by atoms with Crippen LogP contribution in [0, 0.1) is 12.3 Å². The van der Waals surface area contributed by atoms with Crippen LogP contribution in [0.5, 0.6) is 0 Å². The minimum Gasteiger partial charge on any atom is -0.444 e. The summed E-state index contributed by atoms with van der Waals surface area (Å²) < 4.78 is 5.17. The molecule has 0 aliphatic heterocycles. The highest BCUT2D eigenvalue weighted by Crippen LogP contribution is 2.09. The van der Waals surface area contributed by atoms with Crippen molar-refractivity contribution < 1.29 is 14.7 Å². The van der Waals surface area contributed by atoms with Gasteiger partial charge < -0.3 is 9.94 Å². The highest BCUT2D eigenvalue weighted by Gasteiger charge is 2.20. The van der Waals surface area contributed by atoms with Crippen LogP contribution in [0.1, 0.15) is 27.2 Å². The van der Waals surface area contributed by atoms with Gasteiger partial charge in [0.1, 0.15) is 5.60 Å². The van der Waals surface area contributed by atoms with Gasteiger partial charge in [0.25, 0.3) is 0 Å². The molecule has 0 rings (SSSR count). The average molecular weight is 226 g/mol. The molecule has 0 heterocycles. The summed E-state index contributed by atoms with van der Waals surface area (Å²) >= 11 is 0. The van der Waals surface area contributed by atoms with Crippen LogP contribution in [-0.4, -0.2) is 41.1 Å². The second kappa shape index (κ2) is 6.72. The van der Waals surface area contributed by atoms with Crippen LogP contribution >= 0.6 is 0 Å². The van der Waals surface area contributed by atoms with Crippen molar-refractivity contribution >= 4 is 12.3 Å². The van der Waals surface area contributed by atoms with Crippen molar-refractivity contribution in [1.82, 2.24) is 4.90 Å². The summed E-state index contributed by atoms with van der Waals surface area (Å²) in [7, 11) is 0. The molecule has 5 heteroatoms. The zero-order valence-electron chi connectivity index (χ0n) is 9.93. The molecular formula is C11H18N2O3. The normalized spacial score (nSPS) is 11.1. The monoisotopic (exact) mass is 226 g/mol. The first kappa shape index (κ1) is 14.3. The third-order valence-corrected chi connectivity index (χ3v) is 1.54. The van der Waals surface area contributed by atoms with Gasteiger partial charge in [0.2, 0.25) is 0 Å². The first-order valence-electron chi connectivity index (χ1n) is 4.98. The smallest absolute Gasteiger partial charge is 0.411 e. The van der Waals surface area contributed by atoms with E-state index in [0.29, 0.717) is 13.0 Å². The summed E-state index contributed by atoms with van der Waals surface area (Å²) in [5.41, 5.74) is -0.547. The third kappa shape index (κ3) is 6.71. The number of oxime groups is 1. The van der Waals surface area contributed by atoms with Crippen molar-refractivity contribution in [3.63, 3.8) is 0 Å². The van der Waals surface area contributed by atoms with Crippen LogP contribution in [0.15, 0.2) is 5.16 Å². The van der Waals surface area contributed by atoms with Crippen LogP contribution in [0.4, 0.5) is 4.79 Å². The number of hydrogen-bond acceptors (Lipinski definition) is 4. The molecule has 0 saturated carbocycles. The van der Waals surface area contributed by atoms with Gasteiger partial charge in [0, 0.05) is 19.2 Å². The second-order valence-electron chi connectivity index (χ2n) is 4.19. The van der Waals surface area contributed by atoms with Crippen molar-refractivity contribution in [1.29, 1.82) is 0 Å². The van der Waals surface area contributed by atoms with Crippen molar-refractivity contribution in [2.24, 2.45) is 5.16 Å². The summed E-state index contributed by atoms with van der Waals surface area (Å²) in [6.45, 7) is 5.90. The van der Waals surface area contributed by atoms with E-state index in [1.165, 1.54) is 11.1 Å². The van der Waals surface area contributed by atoms with Gasteiger partial charge in [-0.05, 0) is 20.8 Å². The van der Waals surface area contributed by atoms with Gasteiger partial charge in [-0.25, -0.2) is 4.79 Å². The van der Waals surface area contributed by atoms with E-state index in [-0.39, 0.29) is 6.54 Å². The van der Waals surface area contributed by atoms with E-state index in [2.05, 4.69) is 11.1 Å². The third-order valence-electron chi connectivity index (χ3n) is 1.54. The van der Waals surface area contributed by atoms with Gasteiger partial charge in [-0.1, -0.05) is 5.92 Å². The van der Waals surface area contributed by atoms with Gasteiger partial charge in [0.15, 0.2) is 0 Å². The zero-order chi connectivity index (χ0) is 12.6. The molecule has 0 unspecified atom stereocenters. The van der Waals surface area contributed by atoms with Crippen LogP contribution in [0.2, 0.25) is 0 Å². The molecule has 16 heavy (non-hydrogen) atoms. The lowest BCUT2D eigenvalue weighted by Crippen LogP contribution is -2.37. The maximum absolute atomic E-state index is 11.6. The Morgan fingerprint density at radius 1 is 1.62 bits per heavy atom. The van der Waals surface area contributed by atoms with Gasteiger partial charge in [-0.3, -0.25) is 4.90 Å². The van der Waals surface area contributed by atoms with Gasteiger partial charge in [0.05, 0.1) is 6.54 Å². The molecule has 0 fully saturated rings. The predicted molar refractivity (Wildman–Crippen MR) is 61.5 cm³/mol. The van der Waals surface area contributed by atoms with Crippen molar-refractivity contribution in [2.45, 2.75) is 32.8 Å². The average Bonchev–Trinajstić information content (AvgIpc) is 2.14. The van der Waals surface area contributed by atoms with Gasteiger partial charge in [-0.15, -0.1) is 11.6 Å². The first-order chi connectivity index (χ1) is 7.40. The molecule has 1 amide bonds. The number of carbonyl (C=O) groups excluding carboxylic acids is 1. The Balaban J connectivity index is 4.30. The Morgan fingerprint density at radius 2 is 2.25 bits per heavy atom. The molecule has 90 valence electrons. The fourth-order valence-corrected chi connectivity index (χ4v) is 0.943. The molecule has 0 aromatic carbocycles. The number of rotatable bonds is 4. The Labute approximate surface area is 96.1 Å². The molecule has 0 bridgehead atoms. The number of terminal acetylenes is 1. The van der Waals surface area contributed by atoms with E-state index in [1.807, 2.05) is 0 Å². The van der Waals surface area contributed by atoms with Crippen LogP contribution < -0.4 is 0 Å². The van der Waals surface area contributed by atoms with E-state index in [0.717, 1.165) is 0 Å². The molecule has 0 atom stereocenters. The summed E-state index contributed by atoms with van der Waals surface area (Å²) in [6.07, 6.45) is 6.42. The fraction of sp³-hybridized carbons (Fsp3) is 0.636. The minimum absolute atomic E-state index is 0.175. The first-order valence-corrected chi connectivity index (χ1v) is 4.98. The SMILES string of the molecule is C#CCN(CC/C=N/O)C(=O)OC(C)(C)C. The maximum Gasteiger partial charge on any atom is 0.411 e. The largest absolute Gasteiger partial charge is 0.444 e. The Kier molecular flexibility index (Phi) is 6.01. The highest BCUT2D eigenvalue weighted by atomic mass is 16.6. The molecule has 5 nitrogen and oxygen atoms in total. The molecule has 0 spiro atoms. The number of hydrogen-bond donors (Lipinski definition) is 1. The standard InChI is InChI=1S/C11H18N2O3/c1-5-8-13(9-6-7-12-15)10(14)16-11(2,3)4/h1,7,15H,6,8-9H2,2-4H3/b12-7+. The molecule has 0 aliphatic carbocycles. The molecule has 1 N–H and O–H groups in total. The van der Waals surface area contributed by atoms with Crippen LogP contribution in [0.3, 0.4) is 0 Å². The molecule has 0 radical (unpaired) electrons. The summed E-state index contributed by atoms with van der Waals surface area (Å²) in [4.78, 5) is 13.0. The zero-order valence-corrected chi connectivity index (χ0v) is 9.93. The maximum atomic E-state index is 11.6. The van der Waals surface area contributed by atoms with E-state index in [1.54, 1.807) is 20.8 Å². The van der Waals surface area contributed by atoms with E-state index in [9.17, 15) is 4.79 Å². The van der Waals surface area contributed by atoms with Crippen molar-refractivity contribution in [2.75, 3.05) is 13.1 Å². The Bertz CT molecular complexity index is 287. The highest BCUT2D eigenvalue weighted by molar-refractivity contribution is 5.69. The van der Waals surface area contributed by atoms with Crippen LogP contribution in [0.25, 0.3) is 0 Å². The van der Waals surface area contributed by atoms with Gasteiger partial charge in [-0.2, -0.15) is 0 Å². The molecule has 0 aliphatic rings. The van der Waals surface area contributed by atoms with Gasteiger partial charge >= 0.3 is 6.09 Å². The number of ether oxygens (including phenoxy) is 1. The molecule has 0 saturated heterocycles. The minimum atomic E-state index is -0.547. The number of carbonyl (C=O) groups is 1. The Morgan fingerprint density at radius 3 is 2.69 bits per heavy atom. The van der Waals surface area contributed by atoms with E-state index >= 15 is 0 Å². The topological polar surface area (TPSA) is 62.1 Å². The quantitative estimate of drug-likeness (QED) is 0.343. The lowest BCUT2D eigenvalue weighted by molar-refractivity contribution is 0.0280. The second-order valence-corrected chi connectivity index (χ2v) is 4.19. The van der Waals surface area contributed by atoms with E-state index < -0.39 is 11.7 Å². The molecular weight excluding hydrogens is 208 g/mol. The summed E-state index contributed by atoms with van der Waals surface area (Å²) in [6, 6.07) is 0. The predicted octanol–water partition coefficient (Wildman–Crippen LogP) is 1.71. The van der Waals surface area contributed by atoms with E-state index in [4.69, 9.17) is 16.4 Å². The van der Waals surface area contributed by atoms with Crippen molar-refractivity contribution in [3.05, 3.63) is 0 Å². The lowest BCUT2D eigenvalue weighted by Gasteiger charge is -2.25. The lowest BCUT2D eigenvalue weighted by atomic mass is 10.2. The summed E-state index contributed by atoms with van der Waals surface area (Å²) in [5.74, 6) is 2.38. The number of amides is 1. The van der Waals surface area contributed by atoms with Crippen LogP contribution in [-0.2, 0) is 4.74 Å².